The van der Waals surface area contributed by atoms with Crippen LogP contribution >= 0.6 is 0 Å². The van der Waals surface area contributed by atoms with E-state index in [1.807, 2.05) is 66.0 Å². The molecule has 0 saturated carbocycles. The summed E-state index contributed by atoms with van der Waals surface area (Å²) in [6, 6.07) is 7.90. The van der Waals surface area contributed by atoms with Crippen LogP contribution in [0.4, 0.5) is 0 Å². The number of aryl methyl sites for hydroxylation is 3. The van der Waals surface area contributed by atoms with E-state index in [9.17, 15) is 9.59 Å². The van der Waals surface area contributed by atoms with E-state index in [0.29, 0.717) is 24.2 Å². The topological polar surface area (TPSA) is 76.0 Å². The van der Waals surface area contributed by atoms with Gasteiger partial charge in [-0.3, -0.25) is 13.9 Å². The lowest BCUT2D eigenvalue weighted by Gasteiger charge is -2.24. The average Bonchev–Trinajstić information content (AvgIpc) is 3.37. The summed E-state index contributed by atoms with van der Waals surface area (Å²) in [5.41, 5.74) is 4.81. The molecule has 158 valence electrons. The molecule has 0 N–H and O–H groups in total. The molecule has 0 fully saturated rings. The molecular weight excluding hydrogens is 394 g/mol. The molecule has 1 aliphatic rings. The third-order valence-electron chi connectivity index (χ3n) is 6.00. The van der Waals surface area contributed by atoms with Crippen LogP contribution in [0.1, 0.15) is 17.0 Å². The molecule has 4 aromatic heterocycles. The number of hydrogen-bond acceptors (Lipinski definition) is 4. The second-order valence-electron chi connectivity index (χ2n) is 7.93. The summed E-state index contributed by atoms with van der Waals surface area (Å²) in [5, 5.41) is 0.425. The van der Waals surface area contributed by atoms with Crippen LogP contribution in [0, 0.1) is 0 Å². The van der Waals surface area contributed by atoms with E-state index in [2.05, 4.69) is 0 Å². The highest BCUT2D eigenvalue weighted by atomic mass is 16.5. The Labute approximate surface area is 178 Å². The largest absolute Gasteiger partial charge is 0.372 e. The third-order valence-corrected chi connectivity index (χ3v) is 6.00. The van der Waals surface area contributed by atoms with Crippen molar-refractivity contribution in [2.75, 3.05) is 6.61 Å². The summed E-state index contributed by atoms with van der Waals surface area (Å²) in [6.07, 6.45) is 5.96. The van der Waals surface area contributed by atoms with E-state index in [4.69, 9.17) is 9.72 Å². The van der Waals surface area contributed by atoms with Gasteiger partial charge in [-0.25, -0.2) is 9.78 Å². The number of pyridine rings is 1. The lowest BCUT2D eigenvalue weighted by Crippen LogP contribution is -2.38. The molecule has 4 aromatic rings. The van der Waals surface area contributed by atoms with Crippen LogP contribution in [-0.4, -0.2) is 29.9 Å². The van der Waals surface area contributed by atoms with Crippen LogP contribution in [0.3, 0.4) is 0 Å². The van der Waals surface area contributed by atoms with Crippen LogP contribution in [0.5, 0.6) is 0 Å². The van der Waals surface area contributed by atoms with Crippen LogP contribution in [-0.2, 0) is 39.5 Å². The minimum Gasteiger partial charge on any atom is -0.372 e. The molecule has 5 rings (SSSR count). The Morgan fingerprint density at radius 1 is 0.968 bits per heavy atom. The molecule has 1 aliphatic heterocycles. The number of rotatable bonds is 2. The number of hydrogen-bond donors (Lipinski definition) is 0. The van der Waals surface area contributed by atoms with Gasteiger partial charge in [0, 0.05) is 68.7 Å². The fraction of sp³-hybridized carbons (Fsp3) is 0.261. The molecule has 0 amide bonds. The standard InChI is InChI=1S/C23H23N5O3/c1-25-9-5-7-15(25)11-14-12-31-13-16-18(17-8-6-10-26(17)2)19-21(24-20(14)16)27(3)23(30)28(4)22(19)29/h5-11H,12-13H2,1-4H3/b14-11+. The summed E-state index contributed by atoms with van der Waals surface area (Å²) in [7, 11) is 7.06. The highest BCUT2D eigenvalue weighted by Gasteiger charge is 2.27. The SMILES string of the molecule is Cn1cccc1/C=C1\COCc2c1nc1c(c2-c2cccn2C)c(=O)n(C)c(=O)n1C. The zero-order chi connectivity index (χ0) is 21.9. The van der Waals surface area contributed by atoms with Gasteiger partial charge in [-0.1, -0.05) is 0 Å². The smallest absolute Gasteiger partial charge is 0.332 e. The van der Waals surface area contributed by atoms with Crippen molar-refractivity contribution in [1.29, 1.82) is 0 Å². The summed E-state index contributed by atoms with van der Waals surface area (Å²) < 4.78 is 12.5. The molecule has 0 aromatic carbocycles. The molecule has 31 heavy (non-hydrogen) atoms. The maximum Gasteiger partial charge on any atom is 0.332 e. The number of aromatic nitrogens is 5. The second kappa shape index (κ2) is 6.95. The zero-order valence-electron chi connectivity index (χ0n) is 17.9. The normalized spacial score (nSPS) is 15.0. The van der Waals surface area contributed by atoms with Gasteiger partial charge in [0.05, 0.1) is 24.3 Å². The maximum absolute atomic E-state index is 13.2. The van der Waals surface area contributed by atoms with Crippen LogP contribution in [0.25, 0.3) is 33.9 Å². The van der Waals surface area contributed by atoms with Gasteiger partial charge in [-0.05, 0) is 30.3 Å². The molecule has 0 atom stereocenters. The van der Waals surface area contributed by atoms with Crippen molar-refractivity contribution in [3.05, 3.63) is 74.4 Å². The van der Waals surface area contributed by atoms with Crippen molar-refractivity contribution < 1.29 is 4.74 Å². The predicted molar refractivity (Wildman–Crippen MR) is 120 cm³/mol. The summed E-state index contributed by atoms with van der Waals surface area (Å²) >= 11 is 0. The van der Waals surface area contributed by atoms with Gasteiger partial charge >= 0.3 is 5.69 Å². The Bertz CT molecular complexity index is 1500. The van der Waals surface area contributed by atoms with Crippen molar-refractivity contribution in [3.63, 3.8) is 0 Å². The molecule has 0 unspecified atom stereocenters. The maximum atomic E-state index is 13.2. The van der Waals surface area contributed by atoms with Gasteiger partial charge in [0.1, 0.15) is 0 Å². The molecule has 0 aliphatic carbocycles. The summed E-state index contributed by atoms with van der Waals surface area (Å²) in [6.45, 7) is 0.747. The summed E-state index contributed by atoms with van der Waals surface area (Å²) in [4.78, 5) is 30.7. The molecule has 0 saturated heterocycles. The molecule has 8 nitrogen and oxygen atoms in total. The number of ether oxygens (including phenoxy) is 1. The van der Waals surface area contributed by atoms with E-state index < -0.39 is 5.69 Å². The van der Waals surface area contributed by atoms with Gasteiger partial charge in [-0.15, -0.1) is 0 Å². The first kappa shape index (κ1) is 19.3. The first-order chi connectivity index (χ1) is 14.9. The number of nitrogens with zero attached hydrogens (tertiary/aromatic N) is 5. The Balaban J connectivity index is 1.95. The average molecular weight is 417 g/mol. The third kappa shape index (κ3) is 2.83. The predicted octanol–water partition coefficient (Wildman–Crippen LogP) is 2.05. The van der Waals surface area contributed by atoms with Crippen LogP contribution < -0.4 is 11.2 Å². The van der Waals surface area contributed by atoms with E-state index in [0.717, 1.165) is 38.3 Å². The van der Waals surface area contributed by atoms with Crippen molar-refractivity contribution in [3.8, 4) is 11.3 Å². The molecule has 8 heteroatoms. The summed E-state index contributed by atoms with van der Waals surface area (Å²) in [5.74, 6) is 0. The van der Waals surface area contributed by atoms with Gasteiger partial charge in [0.2, 0.25) is 0 Å². The Morgan fingerprint density at radius 2 is 1.71 bits per heavy atom. The molecule has 0 radical (unpaired) electrons. The highest BCUT2D eigenvalue weighted by Crippen LogP contribution is 2.37. The first-order valence-corrected chi connectivity index (χ1v) is 10.0. The van der Waals surface area contributed by atoms with E-state index in [1.54, 1.807) is 7.05 Å². The van der Waals surface area contributed by atoms with E-state index >= 15 is 0 Å². The monoisotopic (exact) mass is 417 g/mol. The minimum absolute atomic E-state index is 0.343. The first-order valence-electron chi connectivity index (χ1n) is 10.0. The van der Waals surface area contributed by atoms with Crippen molar-refractivity contribution in [1.82, 2.24) is 23.3 Å². The van der Waals surface area contributed by atoms with Gasteiger partial charge in [-0.2, -0.15) is 0 Å². The number of fused-ring (bicyclic) bond motifs is 2. The lowest BCUT2D eigenvalue weighted by atomic mass is 9.94. The minimum atomic E-state index is -0.400. The fourth-order valence-electron chi connectivity index (χ4n) is 4.28. The molecular formula is C23H23N5O3. The molecule has 0 spiro atoms. The van der Waals surface area contributed by atoms with Crippen LogP contribution in [0.15, 0.2) is 46.2 Å². The quantitative estimate of drug-likeness (QED) is 0.500. The van der Waals surface area contributed by atoms with Gasteiger partial charge in [0.15, 0.2) is 5.65 Å². The van der Waals surface area contributed by atoms with Crippen molar-refractivity contribution >= 4 is 22.7 Å². The Hall–Kier alpha value is -3.65. The fourth-order valence-corrected chi connectivity index (χ4v) is 4.28. The molecule has 5 heterocycles. The van der Waals surface area contributed by atoms with Crippen molar-refractivity contribution in [2.45, 2.75) is 6.61 Å². The van der Waals surface area contributed by atoms with E-state index in [1.165, 1.54) is 11.6 Å². The zero-order valence-corrected chi connectivity index (χ0v) is 17.9. The lowest BCUT2D eigenvalue weighted by molar-refractivity contribution is 0.146. The van der Waals surface area contributed by atoms with Crippen LogP contribution in [0.2, 0.25) is 0 Å². The molecule has 0 bridgehead atoms. The Kier molecular flexibility index (Phi) is 4.33. The Morgan fingerprint density at radius 3 is 2.39 bits per heavy atom. The van der Waals surface area contributed by atoms with Gasteiger partial charge < -0.3 is 13.9 Å². The van der Waals surface area contributed by atoms with Gasteiger partial charge in [0.25, 0.3) is 5.56 Å². The highest BCUT2D eigenvalue weighted by molar-refractivity contribution is 5.97. The van der Waals surface area contributed by atoms with Crippen molar-refractivity contribution in [2.24, 2.45) is 28.2 Å². The second-order valence-corrected chi connectivity index (χ2v) is 7.93. The van der Waals surface area contributed by atoms with E-state index in [-0.39, 0.29) is 5.56 Å².